The number of azo groups is 1. The summed E-state index contributed by atoms with van der Waals surface area (Å²) in [6.07, 6.45) is 0. The van der Waals surface area contributed by atoms with Crippen molar-refractivity contribution in [2.45, 2.75) is 21.6 Å². The molecule has 0 unspecified atom stereocenters. The van der Waals surface area contributed by atoms with Crippen LogP contribution >= 0.6 is 12.3 Å². The third-order valence-corrected chi connectivity index (χ3v) is 9.21. The standard InChI is InChI=1S/C20H21N3O14S4.3Na/c1-10-5-13(15(34-2)9-16(10)39(26,27)4-3-35-38-37-36-25)22-23-20-18-11(7-17(19(20)21)41(31,32)33)6-12(8-14(18)24)40(28,29)30;;;/h5-9,24-25H,3-4,21H2,1-2H3,(H,28,29,30)(H,31,32,33);;;/q;3*+1/p-3. The molecule has 3 N–H and O–H groups in total. The predicted molar refractivity (Wildman–Crippen MR) is 136 cm³/mol. The number of aromatic hydroxyl groups is 1. The van der Waals surface area contributed by atoms with E-state index in [0.29, 0.717) is 12.1 Å². The van der Waals surface area contributed by atoms with Gasteiger partial charge in [0.25, 0.3) is 0 Å². The van der Waals surface area contributed by atoms with E-state index in [9.17, 15) is 44.7 Å². The van der Waals surface area contributed by atoms with Gasteiger partial charge in [-0.2, -0.15) is 0 Å². The second-order valence-electron chi connectivity index (χ2n) is 7.92. The van der Waals surface area contributed by atoms with Crippen LogP contribution in [-0.4, -0.2) is 58.9 Å². The zero-order valence-corrected chi connectivity index (χ0v) is 32.9. The molecule has 0 fully saturated rings. The molecule has 0 aliphatic rings. The van der Waals surface area contributed by atoms with Gasteiger partial charge in [0.1, 0.15) is 43.1 Å². The average Bonchev–Trinajstić information content (AvgIpc) is 2.86. The number of rotatable bonds is 12. The molecule has 0 bridgehead atoms. The number of nitrogens with two attached hydrogens (primary N) is 1. The molecule has 3 aromatic rings. The van der Waals surface area contributed by atoms with Crippen molar-refractivity contribution in [2.24, 2.45) is 10.2 Å². The first-order chi connectivity index (χ1) is 19.0. The number of phenols is 1. The molecule has 0 saturated heterocycles. The van der Waals surface area contributed by atoms with E-state index in [1.807, 2.05) is 0 Å². The Kier molecular flexibility index (Phi) is 17.8. The van der Waals surface area contributed by atoms with Crippen LogP contribution in [0.15, 0.2) is 55.2 Å². The summed E-state index contributed by atoms with van der Waals surface area (Å²) < 4.78 is 109. The van der Waals surface area contributed by atoms with E-state index >= 15 is 0 Å². The molecular weight excluding hydrogens is 703 g/mol. The number of hydrogen-bond acceptors (Lipinski definition) is 18. The minimum Gasteiger partial charge on any atom is -0.744 e. The summed E-state index contributed by atoms with van der Waals surface area (Å²) in [5.41, 5.74) is 4.61. The summed E-state index contributed by atoms with van der Waals surface area (Å²) in [5.74, 6) is -1.51. The van der Waals surface area contributed by atoms with Gasteiger partial charge in [-0.1, -0.05) is 0 Å². The van der Waals surface area contributed by atoms with Crippen LogP contribution in [0.3, 0.4) is 0 Å². The Morgan fingerprint density at radius 2 is 1.57 bits per heavy atom. The SMILES string of the molecule is COc1cc(S(=O)(=O)CCOSOO[O-])c(C)cc1N=Nc1c(N)c(S(=O)(=O)[O-])cc2cc(S(=O)(=O)[O-])cc(O)c12.[Na+].[Na+].[Na+]. The Labute approximate surface area is 322 Å². The Bertz CT molecular complexity index is 1860. The van der Waals surface area contributed by atoms with Crippen molar-refractivity contribution < 1.29 is 152 Å². The van der Waals surface area contributed by atoms with Gasteiger partial charge in [-0.25, -0.2) is 25.3 Å². The Morgan fingerprint density at radius 1 is 0.932 bits per heavy atom. The number of hydrogen-bond donors (Lipinski definition) is 2. The third-order valence-electron chi connectivity index (χ3n) is 5.33. The smallest absolute Gasteiger partial charge is 0.744 e. The summed E-state index contributed by atoms with van der Waals surface area (Å²) in [6.45, 7) is 1.03. The maximum absolute atomic E-state index is 12.8. The van der Waals surface area contributed by atoms with Crippen LogP contribution in [0.4, 0.5) is 17.1 Å². The van der Waals surface area contributed by atoms with Gasteiger partial charge in [-0.15, -0.1) is 14.6 Å². The van der Waals surface area contributed by atoms with Gasteiger partial charge < -0.3 is 29.9 Å². The molecule has 3 rings (SSSR count). The predicted octanol–water partition coefficient (Wildman–Crippen LogP) is -7.74. The number of nitrogen functional groups attached to an aromatic ring is 1. The number of ether oxygens (including phenoxy) is 1. The molecule has 3 aromatic carbocycles. The van der Waals surface area contributed by atoms with Gasteiger partial charge >= 0.3 is 88.7 Å². The second-order valence-corrected chi connectivity index (χ2v) is 13.2. The van der Waals surface area contributed by atoms with Crippen molar-refractivity contribution in [3.63, 3.8) is 0 Å². The van der Waals surface area contributed by atoms with E-state index in [1.54, 1.807) is 0 Å². The summed E-state index contributed by atoms with van der Waals surface area (Å²) in [7, 11) is -13.2. The molecule has 0 heterocycles. The molecule has 24 heteroatoms. The van der Waals surface area contributed by atoms with E-state index < -0.39 is 62.7 Å². The minimum atomic E-state index is -5.27. The molecule has 44 heavy (non-hydrogen) atoms. The number of methoxy groups -OCH3 is 1. The van der Waals surface area contributed by atoms with Crippen LogP contribution in [-0.2, 0) is 43.6 Å². The van der Waals surface area contributed by atoms with Crippen molar-refractivity contribution in [1.82, 2.24) is 0 Å². The van der Waals surface area contributed by atoms with Gasteiger partial charge in [-0.05, 0) is 42.1 Å². The minimum absolute atomic E-state index is 0. The maximum atomic E-state index is 12.8. The van der Waals surface area contributed by atoms with E-state index in [0.717, 1.165) is 12.1 Å². The van der Waals surface area contributed by atoms with Crippen LogP contribution in [0.2, 0.25) is 0 Å². The van der Waals surface area contributed by atoms with Crippen molar-refractivity contribution in [1.29, 1.82) is 0 Å². The topological polar surface area (TPSA) is 279 Å². The zero-order valence-electron chi connectivity index (χ0n) is 23.7. The fourth-order valence-corrected chi connectivity index (χ4v) is 6.41. The summed E-state index contributed by atoms with van der Waals surface area (Å²) in [6, 6.07) is 4.34. The van der Waals surface area contributed by atoms with Crippen molar-refractivity contribution in [2.75, 3.05) is 25.2 Å². The second kappa shape index (κ2) is 17.9. The van der Waals surface area contributed by atoms with E-state index in [-0.39, 0.29) is 140 Å². The van der Waals surface area contributed by atoms with Gasteiger partial charge in [0, 0.05) is 6.07 Å². The molecule has 0 saturated carbocycles. The Morgan fingerprint density at radius 3 is 2.11 bits per heavy atom. The van der Waals surface area contributed by atoms with Crippen LogP contribution < -0.4 is 104 Å². The molecule has 0 aliphatic heterocycles. The zero-order chi connectivity index (χ0) is 30.8. The largest absolute Gasteiger partial charge is 1.00 e. The van der Waals surface area contributed by atoms with Gasteiger partial charge in [0.2, 0.25) is 0 Å². The van der Waals surface area contributed by atoms with Gasteiger partial charge in [0.15, 0.2) is 22.2 Å². The summed E-state index contributed by atoms with van der Waals surface area (Å²) in [4.78, 5) is -2.14. The molecule has 0 radical (unpaired) electrons. The summed E-state index contributed by atoms with van der Waals surface area (Å²) >= 11 is 0.133. The van der Waals surface area contributed by atoms with Crippen LogP contribution in [0, 0.1) is 6.92 Å². The number of aryl methyl sites for hydroxylation is 1. The first-order valence-electron chi connectivity index (χ1n) is 10.6. The molecule has 0 atom stereocenters. The quantitative estimate of drug-likeness (QED) is 0.0257. The molecular formula is C20H18N3Na3O14S4. The maximum Gasteiger partial charge on any atom is 1.00 e. The average molecular weight is 722 g/mol. The number of sulfone groups is 1. The molecule has 17 nitrogen and oxygen atoms in total. The number of fused-ring (bicyclic) bond motifs is 1. The van der Waals surface area contributed by atoms with Crippen molar-refractivity contribution in [3.8, 4) is 11.5 Å². The number of phenolic OH excluding ortho intramolecular Hbond substituents is 1. The van der Waals surface area contributed by atoms with Crippen molar-refractivity contribution in [3.05, 3.63) is 35.9 Å². The summed E-state index contributed by atoms with van der Waals surface area (Å²) in [5, 5.41) is 30.3. The molecule has 224 valence electrons. The molecule has 0 spiro atoms. The number of nitrogens with zero attached hydrogens (tertiary/aromatic N) is 2. The molecule has 0 aliphatic carbocycles. The first-order valence-corrected chi connectivity index (χ1v) is 15.7. The number of anilines is 1. The Hall–Kier alpha value is -0.120. The molecule has 0 amide bonds. The normalized spacial score (nSPS) is 11.9. The van der Waals surface area contributed by atoms with Crippen molar-refractivity contribution >= 4 is 70.2 Å². The van der Waals surface area contributed by atoms with E-state index in [1.165, 1.54) is 20.1 Å². The number of benzene rings is 3. The fourth-order valence-electron chi connectivity index (χ4n) is 3.57. The van der Waals surface area contributed by atoms with Crippen LogP contribution in [0.25, 0.3) is 10.8 Å². The van der Waals surface area contributed by atoms with Gasteiger partial charge in [-0.3, -0.25) is 9.22 Å². The monoisotopic (exact) mass is 721 g/mol. The molecule has 0 aromatic heterocycles. The Balaban J connectivity index is 0.00000616. The third kappa shape index (κ3) is 10.7. The van der Waals surface area contributed by atoms with Crippen LogP contribution in [0.1, 0.15) is 5.56 Å². The first kappa shape index (κ1) is 43.9. The van der Waals surface area contributed by atoms with E-state index in [4.69, 9.17) is 14.7 Å². The fraction of sp³-hybridized carbons (Fsp3) is 0.200. The van der Waals surface area contributed by atoms with E-state index in [2.05, 4.69) is 19.6 Å². The van der Waals surface area contributed by atoms with Crippen LogP contribution in [0.5, 0.6) is 11.5 Å². The van der Waals surface area contributed by atoms with Gasteiger partial charge in [0.05, 0.1) is 45.2 Å².